The minimum Gasteiger partial charge on any atom is -0.452 e. The van der Waals surface area contributed by atoms with Gasteiger partial charge < -0.3 is 19.7 Å². The van der Waals surface area contributed by atoms with Gasteiger partial charge in [-0.1, -0.05) is 38.1 Å². The summed E-state index contributed by atoms with van der Waals surface area (Å²) in [6.45, 7) is 7.09. The molecule has 1 heterocycles. The van der Waals surface area contributed by atoms with Crippen molar-refractivity contribution < 1.29 is 19.1 Å². The highest BCUT2D eigenvalue weighted by Gasteiger charge is 2.11. The maximum Gasteiger partial charge on any atom is 0.331 e. The zero-order valence-corrected chi connectivity index (χ0v) is 17.5. The van der Waals surface area contributed by atoms with Crippen LogP contribution in [0.5, 0.6) is 0 Å². The minimum atomic E-state index is -0.555. The summed E-state index contributed by atoms with van der Waals surface area (Å²) in [7, 11) is 0. The van der Waals surface area contributed by atoms with Crippen LogP contribution in [-0.4, -0.2) is 44.8 Å². The van der Waals surface area contributed by atoms with Gasteiger partial charge in [0, 0.05) is 30.5 Å². The Labute approximate surface area is 177 Å². The molecule has 1 aliphatic rings. The van der Waals surface area contributed by atoms with Crippen LogP contribution in [0.3, 0.4) is 0 Å². The van der Waals surface area contributed by atoms with E-state index in [0.29, 0.717) is 11.6 Å². The average Bonchev–Trinajstić information content (AvgIpc) is 2.77. The molecule has 0 atom stereocenters. The van der Waals surface area contributed by atoms with E-state index in [2.05, 4.69) is 24.1 Å². The van der Waals surface area contributed by atoms with E-state index in [9.17, 15) is 9.59 Å². The van der Waals surface area contributed by atoms with Gasteiger partial charge in [0.2, 0.25) is 0 Å². The molecule has 0 aromatic heterocycles. The number of nitrogens with zero attached hydrogens (tertiary/aromatic N) is 1. The van der Waals surface area contributed by atoms with Crippen LogP contribution in [0.1, 0.15) is 30.9 Å². The third-order valence-electron chi connectivity index (χ3n) is 4.89. The standard InChI is InChI=1S/C24H28N2O4/c1-18(2)20-6-3-19(4-7-20)5-12-24(28)30-17-23(27)25-21-8-10-22(11-9-21)26-13-15-29-16-14-26/h3-12,18H,13-17H2,1-2H3,(H,25,27)/b12-5+. The second-order valence-electron chi connectivity index (χ2n) is 7.46. The fourth-order valence-electron chi connectivity index (χ4n) is 3.12. The molecule has 1 amide bonds. The first-order valence-corrected chi connectivity index (χ1v) is 10.2. The zero-order chi connectivity index (χ0) is 21.3. The average molecular weight is 408 g/mol. The van der Waals surface area contributed by atoms with Crippen molar-refractivity contribution in [3.8, 4) is 0 Å². The number of carbonyl (C=O) groups excluding carboxylic acids is 2. The zero-order valence-electron chi connectivity index (χ0n) is 17.5. The molecular weight excluding hydrogens is 380 g/mol. The van der Waals surface area contributed by atoms with Gasteiger partial charge >= 0.3 is 5.97 Å². The van der Waals surface area contributed by atoms with Gasteiger partial charge in [0.1, 0.15) is 0 Å². The van der Waals surface area contributed by atoms with Crippen molar-refractivity contribution in [1.29, 1.82) is 0 Å². The molecule has 1 saturated heterocycles. The van der Waals surface area contributed by atoms with Crippen molar-refractivity contribution in [2.24, 2.45) is 0 Å². The number of nitrogens with one attached hydrogen (secondary N) is 1. The molecule has 1 fully saturated rings. The van der Waals surface area contributed by atoms with Gasteiger partial charge in [-0.05, 0) is 47.4 Å². The fraction of sp³-hybridized carbons (Fsp3) is 0.333. The van der Waals surface area contributed by atoms with Crippen LogP contribution in [0.15, 0.2) is 54.6 Å². The Hall–Kier alpha value is -3.12. The second-order valence-corrected chi connectivity index (χ2v) is 7.46. The summed E-state index contributed by atoms with van der Waals surface area (Å²) < 4.78 is 10.4. The van der Waals surface area contributed by atoms with Crippen LogP contribution < -0.4 is 10.2 Å². The lowest BCUT2D eigenvalue weighted by molar-refractivity contribution is -0.142. The molecule has 1 N–H and O–H groups in total. The van der Waals surface area contributed by atoms with Gasteiger partial charge in [0.05, 0.1) is 13.2 Å². The largest absolute Gasteiger partial charge is 0.452 e. The van der Waals surface area contributed by atoms with Gasteiger partial charge in [-0.25, -0.2) is 4.79 Å². The molecule has 0 bridgehead atoms. The van der Waals surface area contributed by atoms with Crippen LogP contribution >= 0.6 is 0 Å². The van der Waals surface area contributed by atoms with Gasteiger partial charge in [0.25, 0.3) is 5.91 Å². The number of amides is 1. The van der Waals surface area contributed by atoms with E-state index in [1.807, 2.05) is 48.5 Å². The number of anilines is 2. The van der Waals surface area contributed by atoms with Crippen LogP contribution in [0, 0.1) is 0 Å². The maximum absolute atomic E-state index is 12.0. The number of carbonyl (C=O) groups is 2. The highest BCUT2D eigenvalue weighted by Crippen LogP contribution is 2.19. The Morgan fingerprint density at radius 2 is 1.73 bits per heavy atom. The van der Waals surface area contributed by atoms with E-state index < -0.39 is 5.97 Å². The molecule has 0 unspecified atom stereocenters. The van der Waals surface area contributed by atoms with Crippen LogP contribution in [0.25, 0.3) is 6.08 Å². The van der Waals surface area contributed by atoms with Crippen molar-refractivity contribution in [3.63, 3.8) is 0 Å². The molecule has 0 spiro atoms. The first kappa shape index (κ1) is 21.6. The van der Waals surface area contributed by atoms with Crippen molar-refractivity contribution >= 4 is 29.3 Å². The summed E-state index contributed by atoms with van der Waals surface area (Å²) in [6.07, 6.45) is 3.00. The van der Waals surface area contributed by atoms with Gasteiger partial charge in [-0.2, -0.15) is 0 Å². The normalized spacial score (nSPS) is 14.2. The van der Waals surface area contributed by atoms with E-state index >= 15 is 0 Å². The minimum absolute atomic E-state index is 0.333. The molecule has 2 aromatic carbocycles. The number of morpholine rings is 1. The summed E-state index contributed by atoms with van der Waals surface area (Å²) in [6, 6.07) is 15.6. The molecule has 0 saturated carbocycles. The molecule has 0 radical (unpaired) electrons. The lowest BCUT2D eigenvalue weighted by atomic mass is 10.0. The van der Waals surface area contributed by atoms with Crippen molar-refractivity contribution in [3.05, 3.63) is 65.7 Å². The van der Waals surface area contributed by atoms with E-state index in [-0.39, 0.29) is 12.5 Å². The summed E-state index contributed by atoms with van der Waals surface area (Å²) >= 11 is 0. The number of ether oxygens (including phenoxy) is 2. The van der Waals surface area contributed by atoms with Gasteiger partial charge in [-0.3, -0.25) is 4.79 Å². The summed E-state index contributed by atoms with van der Waals surface area (Å²) in [5.41, 5.74) is 3.90. The molecule has 6 heteroatoms. The lowest BCUT2D eigenvalue weighted by Crippen LogP contribution is -2.36. The molecule has 2 aromatic rings. The lowest BCUT2D eigenvalue weighted by Gasteiger charge is -2.28. The molecule has 6 nitrogen and oxygen atoms in total. The van der Waals surface area contributed by atoms with Crippen LogP contribution in [0.4, 0.5) is 11.4 Å². The number of hydrogen-bond acceptors (Lipinski definition) is 5. The summed E-state index contributed by atoms with van der Waals surface area (Å²) in [5.74, 6) is -0.472. The second kappa shape index (κ2) is 10.6. The third-order valence-corrected chi connectivity index (χ3v) is 4.89. The number of rotatable bonds is 7. The van der Waals surface area contributed by atoms with Crippen molar-refractivity contribution in [2.45, 2.75) is 19.8 Å². The molecule has 30 heavy (non-hydrogen) atoms. The SMILES string of the molecule is CC(C)c1ccc(/C=C/C(=O)OCC(=O)Nc2ccc(N3CCOCC3)cc2)cc1. The summed E-state index contributed by atoms with van der Waals surface area (Å²) in [4.78, 5) is 26.1. The summed E-state index contributed by atoms with van der Waals surface area (Å²) in [5, 5.41) is 2.73. The Morgan fingerprint density at radius 3 is 2.37 bits per heavy atom. The highest BCUT2D eigenvalue weighted by molar-refractivity contribution is 5.94. The first-order chi connectivity index (χ1) is 14.5. The third kappa shape index (κ3) is 6.46. The Bertz CT molecular complexity index is 867. The Kier molecular flexibility index (Phi) is 7.63. The van der Waals surface area contributed by atoms with E-state index in [4.69, 9.17) is 9.47 Å². The number of esters is 1. The van der Waals surface area contributed by atoms with Crippen LogP contribution in [0.2, 0.25) is 0 Å². The molecule has 0 aliphatic carbocycles. The van der Waals surface area contributed by atoms with Gasteiger partial charge in [-0.15, -0.1) is 0 Å². The van der Waals surface area contributed by atoms with Crippen molar-refractivity contribution in [1.82, 2.24) is 0 Å². The van der Waals surface area contributed by atoms with Crippen molar-refractivity contribution in [2.75, 3.05) is 43.1 Å². The van der Waals surface area contributed by atoms with E-state index in [1.165, 1.54) is 11.6 Å². The highest BCUT2D eigenvalue weighted by atomic mass is 16.5. The number of hydrogen-bond donors (Lipinski definition) is 1. The maximum atomic E-state index is 12.0. The fourth-order valence-corrected chi connectivity index (χ4v) is 3.12. The predicted octanol–water partition coefficient (Wildman–Crippen LogP) is 3.84. The molecule has 1 aliphatic heterocycles. The number of benzene rings is 2. The van der Waals surface area contributed by atoms with Crippen LogP contribution in [-0.2, 0) is 19.1 Å². The van der Waals surface area contributed by atoms with E-state index in [0.717, 1.165) is 37.6 Å². The smallest absolute Gasteiger partial charge is 0.331 e. The van der Waals surface area contributed by atoms with Gasteiger partial charge in [0.15, 0.2) is 6.61 Å². The molecule has 3 rings (SSSR count). The molecule has 158 valence electrons. The Balaban J connectivity index is 1.42. The quantitative estimate of drug-likeness (QED) is 0.557. The Morgan fingerprint density at radius 1 is 1.07 bits per heavy atom. The first-order valence-electron chi connectivity index (χ1n) is 10.2. The predicted molar refractivity (Wildman–Crippen MR) is 119 cm³/mol. The molecular formula is C24H28N2O4. The monoisotopic (exact) mass is 408 g/mol. The van der Waals surface area contributed by atoms with E-state index in [1.54, 1.807) is 6.08 Å². The topological polar surface area (TPSA) is 67.9 Å².